The Labute approximate surface area is 399 Å². The summed E-state index contributed by atoms with van der Waals surface area (Å²) in [5.41, 5.74) is 9.99. The summed E-state index contributed by atoms with van der Waals surface area (Å²) in [6.07, 6.45) is 1.88. The predicted molar refractivity (Wildman–Crippen MR) is 263 cm³/mol. The fourth-order valence-corrected chi connectivity index (χ4v) is 9.07. The molecular formula is C58H42N5OPt-3. The predicted octanol–water partition coefficient (Wildman–Crippen LogP) is 15.0. The number of rotatable bonds is 7. The van der Waals surface area contributed by atoms with Crippen molar-refractivity contribution in [2.75, 3.05) is 9.80 Å². The van der Waals surface area contributed by atoms with Crippen LogP contribution >= 0.6 is 0 Å². The fraction of sp³-hybridized carbons (Fsp3) is 0.0690. The maximum absolute atomic E-state index is 9.04. The van der Waals surface area contributed by atoms with E-state index in [1.165, 1.54) is 5.56 Å². The molecule has 0 radical (unpaired) electrons. The van der Waals surface area contributed by atoms with E-state index < -0.39 is 18.1 Å². The third kappa shape index (κ3) is 6.88. The van der Waals surface area contributed by atoms with E-state index in [9.17, 15) is 0 Å². The van der Waals surface area contributed by atoms with Crippen LogP contribution in [0.25, 0.3) is 66.2 Å². The second-order valence-electron chi connectivity index (χ2n) is 17.0. The van der Waals surface area contributed by atoms with Gasteiger partial charge in [-0.1, -0.05) is 129 Å². The van der Waals surface area contributed by atoms with Gasteiger partial charge in [-0.05, 0) is 82.0 Å². The maximum Gasteiger partial charge on any atom is 0.135 e. The molecule has 0 amide bonds. The first-order valence-corrected chi connectivity index (χ1v) is 21.3. The maximum atomic E-state index is 9.04. The average molecular weight is 1030 g/mol. The van der Waals surface area contributed by atoms with Gasteiger partial charge in [-0.2, -0.15) is 12.1 Å². The van der Waals surface area contributed by atoms with Gasteiger partial charge in [0.05, 0.1) is 17.9 Å². The Kier molecular flexibility index (Phi) is 8.61. The van der Waals surface area contributed by atoms with Crippen molar-refractivity contribution in [1.82, 2.24) is 14.1 Å². The second-order valence-corrected chi connectivity index (χ2v) is 17.0. The molecule has 8 aromatic carbocycles. The third-order valence-electron chi connectivity index (χ3n) is 12.1. The molecule has 0 bridgehead atoms. The van der Waals surface area contributed by atoms with Crippen LogP contribution in [0.4, 0.5) is 22.7 Å². The largest absolute Gasteiger partial charge is 0.509 e. The number of fused-ring (bicyclic) bond motifs is 7. The van der Waals surface area contributed by atoms with E-state index in [1.807, 2.05) is 114 Å². The Morgan fingerprint density at radius 2 is 1.28 bits per heavy atom. The van der Waals surface area contributed by atoms with Crippen LogP contribution in [0.2, 0.25) is 0 Å². The van der Waals surface area contributed by atoms with Crippen molar-refractivity contribution in [3.63, 3.8) is 0 Å². The molecule has 7 heteroatoms. The molecule has 0 N–H and O–H groups in total. The molecule has 318 valence electrons. The van der Waals surface area contributed by atoms with Crippen molar-refractivity contribution in [2.45, 2.75) is 26.2 Å². The second kappa shape index (κ2) is 16.0. The van der Waals surface area contributed by atoms with E-state index in [2.05, 4.69) is 108 Å². The van der Waals surface area contributed by atoms with Crippen LogP contribution in [0.15, 0.2) is 194 Å². The molecule has 1 aliphatic heterocycles. The molecule has 0 saturated carbocycles. The van der Waals surface area contributed by atoms with Crippen molar-refractivity contribution < 1.29 is 32.7 Å². The minimum absolute atomic E-state index is 0. The number of ether oxygens (including phenoxy) is 1. The van der Waals surface area contributed by atoms with Gasteiger partial charge >= 0.3 is 0 Å². The standard InChI is InChI=1S/C58H42N5O.Pt/c1-58(2,3)41-32-33-59-56(35-41)63-51-31-28-40(39-16-6-4-7-17-39)34-49(51)47-30-29-45(37-55(47)63)64-44-21-14-20-43(36-44)60-38-61(53-26-13-12-25-52(53)60)54-27-15-23-48-46-22-10-11-24-50(46)62(57(48)54)42-18-8-5-9-19-42;/h4-35,38H,1-3H3;/q-3;/i5D,8D,9D,18D,19D;. The van der Waals surface area contributed by atoms with E-state index in [1.54, 1.807) is 0 Å². The smallest absolute Gasteiger partial charge is 0.135 e. The molecule has 11 aromatic rings. The molecule has 0 saturated heterocycles. The number of pyridine rings is 1. The molecule has 0 fully saturated rings. The van der Waals surface area contributed by atoms with Gasteiger partial charge in [0.15, 0.2) is 0 Å². The zero-order chi connectivity index (χ0) is 47.3. The molecule has 65 heavy (non-hydrogen) atoms. The summed E-state index contributed by atoms with van der Waals surface area (Å²) < 4.78 is 54.2. The SMILES string of the molecule is [2H]c1c([2H])c([2H])c(-n2c3ccccc3c3cccc(N4[CH-]N(c5[c-]c(Oc6[c-]c7c(cc6)c6cc(-c8ccccc8)ccc6n7-c6cc(C(C)(C)C)ccn6)ccc5)c5ccccc54)c32)c([2H])c1[2H].[Pt]. The van der Waals surface area contributed by atoms with Gasteiger partial charge in [-0.25, -0.2) is 4.98 Å². The average Bonchev–Trinajstić information content (AvgIpc) is 4.03. The third-order valence-corrected chi connectivity index (χ3v) is 12.1. The van der Waals surface area contributed by atoms with Gasteiger partial charge in [0.2, 0.25) is 0 Å². The van der Waals surface area contributed by atoms with Crippen LogP contribution in [0.1, 0.15) is 33.2 Å². The van der Waals surface area contributed by atoms with Crippen LogP contribution in [-0.4, -0.2) is 14.1 Å². The number of anilines is 4. The molecular weight excluding hydrogens is 978 g/mol. The van der Waals surface area contributed by atoms with Gasteiger partial charge in [0.25, 0.3) is 0 Å². The fourth-order valence-electron chi connectivity index (χ4n) is 9.07. The van der Waals surface area contributed by atoms with Crippen molar-refractivity contribution in [3.8, 4) is 34.1 Å². The Balaban J connectivity index is 0.00000533. The molecule has 0 atom stereocenters. The van der Waals surface area contributed by atoms with E-state index in [-0.39, 0.29) is 44.3 Å². The van der Waals surface area contributed by atoms with Crippen molar-refractivity contribution >= 4 is 66.4 Å². The first-order valence-electron chi connectivity index (χ1n) is 23.8. The molecule has 4 heterocycles. The van der Waals surface area contributed by atoms with Crippen LogP contribution in [-0.2, 0) is 26.5 Å². The van der Waals surface area contributed by atoms with E-state index >= 15 is 0 Å². The summed E-state index contributed by atoms with van der Waals surface area (Å²) in [7, 11) is 0. The topological polar surface area (TPSA) is 38.5 Å². The van der Waals surface area contributed by atoms with Gasteiger partial charge in [0.1, 0.15) is 5.82 Å². The first-order chi connectivity index (χ1) is 33.4. The monoisotopic (exact) mass is 1020 g/mol. The minimum atomic E-state index is -0.437. The quantitative estimate of drug-likeness (QED) is 0.149. The van der Waals surface area contributed by atoms with Crippen LogP contribution in [0.5, 0.6) is 11.5 Å². The number of hydrogen-bond donors (Lipinski definition) is 0. The number of nitrogens with zero attached hydrogens (tertiary/aromatic N) is 5. The van der Waals surface area contributed by atoms with Crippen molar-refractivity contribution in [3.05, 3.63) is 218 Å². The molecule has 1 aliphatic rings. The van der Waals surface area contributed by atoms with Crippen molar-refractivity contribution in [2.24, 2.45) is 0 Å². The van der Waals surface area contributed by atoms with Gasteiger partial charge < -0.3 is 23.7 Å². The Morgan fingerprint density at radius 1 is 0.569 bits per heavy atom. The van der Waals surface area contributed by atoms with Gasteiger partial charge in [-0.15, -0.1) is 48.1 Å². The summed E-state index contributed by atoms with van der Waals surface area (Å²) in [6, 6.07) is 58.3. The summed E-state index contributed by atoms with van der Waals surface area (Å²) in [5.74, 6) is 1.82. The number of aromatic nitrogens is 3. The molecule has 0 aliphatic carbocycles. The zero-order valence-electron chi connectivity index (χ0n) is 40.6. The van der Waals surface area contributed by atoms with Crippen LogP contribution < -0.4 is 14.5 Å². The van der Waals surface area contributed by atoms with E-state index in [4.69, 9.17) is 16.6 Å². The summed E-state index contributed by atoms with van der Waals surface area (Å²) in [6.45, 7) is 8.62. The van der Waals surface area contributed by atoms with Crippen LogP contribution in [0, 0.1) is 18.8 Å². The molecule has 0 unspecified atom stereocenters. The van der Waals surface area contributed by atoms with E-state index in [0.29, 0.717) is 17.0 Å². The Bertz CT molecular complexity index is 3850. The number of hydrogen-bond acceptors (Lipinski definition) is 4. The summed E-state index contributed by atoms with van der Waals surface area (Å²) in [4.78, 5) is 9.04. The summed E-state index contributed by atoms with van der Waals surface area (Å²) in [5, 5.41) is 3.89. The van der Waals surface area contributed by atoms with Gasteiger partial charge in [-0.3, -0.25) is 0 Å². The number of para-hydroxylation sites is 5. The first kappa shape index (κ1) is 35.0. The number of benzene rings is 8. The minimum Gasteiger partial charge on any atom is -0.509 e. The molecule has 12 rings (SSSR count). The molecule has 6 nitrogen and oxygen atoms in total. The Hall–Kier alpha value is -7.40. The van der Waals surface area contributed by atoms with Crippen LogP contribution in [0.3, 0.4) is 0 Å². The summed E-state index contributed by atoms with van der Waals surface area (Å²) >= 11 is 0. The normalized spacial score (nSPS) is 13.7. The van der Waals surface area contributed by atoms with Gasteiger partial charge in [0, 0.05) is 77.8 Å². The van der Waals surface area contributed by atoms with Crippen molar-refractivity contribution in [1.29, 1.82) is 0 Å². The Morgan fingerprint density at radius 3 is 2.11 bits per heavy atom. The molecule has 3 aromatic heterocycles. The molecule has 0 spiro atoms. The van der Waals surface area contributed by atoms with E-state index in [0.717, 1.165) is 77.8 Å². The zero-order valence-corrected chi connectivity index (χ0v) is 37.9.